The molecule has 0 bridgehead atoms. The molecule has 0 aliphatic heterocycles. The number of rotatable bonds is 7. The number of hydrogen-bond acceptors (Lipinski definition) is 9. The molecule has 0 saturated carbocycles. The zero-order valence-electron chi connectivity index (χ0n) is 20.7. The number of nitrogens with two attached hydrogens (primary N) is 2. The van der Waals surface area contributed by atoms with E-state index in [9.17, 15) is 14.4 Å². The predicted octanol–water partition coefficient (Wildman–Crippen LogP) is -0.0492. The first-order valence-electron chi connectivity index (χ1n) is 10.6. The fourth-order valence-electron chi connectivity index (χ4n) is 2.38. The highest BCUT2D eigenvalue weighted by atomic mass is 32.2. The van der Waals surface area contributed by atoms with Gasteiger partial charge in [-0.1, -0.05) is 12.1 Å². The summed E-state index contributed by atoms with van der Waals surface area (Å²) in [7, 11) is -3.92. The monoisotopic (exact) mass is 535 g/mol. The summed E-state index contributed by atoms with van der Waals surface area (Å²) in [4.78, 5) is 38.3. The molecule has 0 saturated heterocycles. The molecule has 37 heavy (non-hydrogen) atoms. The molecule has 0 aliphatic carbocycles. The van der Waals surface area contributed by atoms with Gasteiger partial charge in [-0.15, -0.1) is 0 Å². The molecule has 2 aromatic carbocycles. The number of carbonyl (C=O) groups excluding carboxylic acids is 3. The van der Waals surface area contributed by atoms with E-state index in [0.717, 1.165) is 0 Å². The zero-order chi connectivity index (χ0) is 28.2. The molecule has 2 rings (SSSR count). The summed E-state index contributed by atoms with van der Waals surface area (Å²) < 4.78 is 42.4. The maximum absolute atomic E-state index is 12.3. The smallest absolute Gasteiger partial charge is 0.344 e. The third-order valence-corrected chi connectivity index (χ3v) is 3.66. The third-order valence-electron chi connectivity index (χ3n) is 3.66. The van der Waals surface area contributed by atoms with Crippen LogP contribution < -0.4 is 21.2 Å². The lowest BCUT2D eigenvalue weighted by Crippen LogP contribution is -2.72. The molecular formula is C24H29N3O9S. The predicted molar refractivity (Wildman–Crippen MR) is 133 cm³/mol. The van der Waals surface area contributed by atoms with Crippen molar-refractivity contribution in [2.45, 2.75) is 26.4 Å². The number of nitrogens with one attached hydrogen (secondary N) is 1. The largest absolute Gasteiger partial charge is 0.748 e. The summed E-state index contributed by atoms with van der Waals surface area (Å²) in [6.45, 7) is 4.70. The Bertz CT molecular complexity index is 1230. The average molecular weight is 536 g/mol. The van der Waals surface area contributed by atoms with Crippen LogP contribution >= 0.6 is 0 Å². The number of esters is 3. The minimum absolute atomic E-state index is 0.0470. The maximum atomic E-state index is 12.3. The Hall–Kier alpha value is -4.23. The van der Waals surface area contributed by atoms with Gasteiger partial charge >= 0.3 is 23.9 Å². The fourth-order valence-corrected chi connectivity index (χ4v) is 2.38. The van der Waals surface area contributed by atoms with Crippen molar-refractivity contribution in [3.8, 4) is 5.75 Å². The highest BCUT2D eigenvalue weighted by Gasteiger charge is 2.17. The Balaban J connectivity index is 0.00000124. The van der Waals surface area contributed by atoms with E-state index in [0.29, 0.717) is 28.8 Å². The van der Waals surface area contributed by atoms with Gasteiger partial charge in [0, 0.05) is 12.3 Å². The lowest BCUT2D eigenvalue weighted by Gasteiger charge is -2.19. The minimum Gasteiger partial charge on any atom is -0.748 e. The van der Waals surface area contributed by atoms with Crippen LogP contribution in [0.1, 0.15) is 36.7 Å². The van der Waals surface area contributed by atoms with Crippen molar-refractivity contribution in [1.29, 1.82) is 0 Å². The molecule has 0 fully saturated rings. The van der Waals surface area contributed by atoms with E-state index >= 15 is 0 Å². The van der Waals surface area contributed by atoms with Crippen molar-refractivity contribution in [2.24, 2.45) is 11.5 Å². The van der Waals surface area contributed by atoms with Gasteiger partial charge in [-0.3, -0.25) is 11.5 Å². The molecule has 0 spiro atoms. The molecule has 0 atom stereocenters. The Morgan fingerprint density at radius 2 is 1.54 bits per heavy atom. The Morgan fingerprint density at radius 3 is 2.03 bits per heavy atom. The van der Waals surface area contributed by atoms with Crippen LogP contribution in [0, 0.1) is 0 Å². The number of benzene rings is 2. The molecule has 0 heterocycles. The van der Waals surface area contributed by atoms with E-state index in [4.69, 9.17) is 38.6 Å². The van der Waals surface area contributed by atoms with Gasteiger partial charge in [-0.2, -0.15) is 0 Å². The summed E-state index contributed by atoms with van der Waals surface area (Å²) in [6, 6.07) is 12.9. The highest BCUT2D eigenvalue weighted by molar-refractivity contribution is 7.84. The molecule has 5 N–H and O–H groups in total. The molecule has 0 aromatic heterocycles. The average Bonchev–Trinajstić information content (AvgIpc) is 2.75. The van der Waals surface area contributed by atoms with Crippen molar-refractivity contribution < 1.29 is 46.6 Å². The van der Waals surface area contributed by atoms with Crippen LogP contribution in [0.2, 0.25) is 0 Å². The first kappa shape index (κ1) is 30.8. The van der Waals surface area contributed by atoms with Crippen molar-refractivity contribution >= 4 is 45.7 Å². The summed E-state index contributed by atoms with van der Waals surface area (Å²) in [5.41, 5.74) is 11.7. The van der Waals surface area contributed by atoms with Crippen LogP contribution in [0.3, 0.4) is 0 Å². The number of carbonyl (C=O) groups is 3. The third kappa shape index (κ3) is 15.4. The van der Waals surface area contributed by atoms with Crippen molar-refractivity contribution in [3.63, 3.8) is 0 Å². The van der Waals surface area contributed by atoms with Crippen LogP contribution in [0.15, 0.2) is 54.6 Å². The maximum Gasteiger partial charge on any atom is 0.344 e. The quantitative estimate of drug-likeness (QED) is 0.107. The van der Waals surface area contributed by atoms with Crippen molar-refractivity contribution in [1.82, 2.24) is 0 Å². The summed E-state index contributed by atoms with van der Waals surface area (Å²) in [6.07, 6.45) is 3.30. The molecular weight excluding hydrogens is 506 g/mol. The molecule has 200 valence electrons. The van der Waals surface area contributed by atoms with Crippen LogP contribution in [-0.4, -0.2) is 55.3 Å². The van der Waals surface area contributed by atoms with E-state index in [1.54, 1.807) is 69.3 Å². The number of ether oxygens (including phenoxy) is 3. The Morgan fingerprint density at radius 1 is 1.00 bits per heavy atom. The molecule has 0 unspecified atom stereocenters. The second kappa shape index (κ2) is 13.8. The van der Waals surface area contributed by atoms with Gasteiger partial charge in [0.1, 0.15) is 11.4 Å². The Kier molecular flexibility index (Phi) is 11.4. The van der Waals surface area contributed by atoms with E-state index in [2.05, 4.69) is 4.99 Å². The van der Waals surface area contributed by atoms with E-state index < -0.39 is 40.2 Å². The number of guanidine groups is 1. The van der Waals surface area contributed by atoms with Gasteiger partial charge in [-0.25, -0.2) is 27.8 Å². The van der Waals surface area contributed by atoms with Gasteiger partial charge in [0.25, 0.3) is 0 Å². The van der Waals surface area contributed by atoms with Crippen LogP contribution in [-0.2, 0) is 29.2 Å². The van der Waals surface area contributed by atoms with Gasteiger partial charge in [0.15, 0.2) is 6.61 Å². The minimum atomic E-state index is -3.92. The van der Waals surface area contributed by atoms with E-state index in [-0.39, 0.29) is 5.96 Å². The first-order valence-corrected chi connectivity index (χ1v) is 12.4. The van der Waals surface area contributed by atoms with Crippen LogP contribution in [0.5, 0.6) is 5.75 Å². The zero-order valence-corrected chi connectivity index (χ0v) is 21.5. The highest BCUT2D eigenvalue weighted by Crippen LogP contribution is 2.16. The molecule has 0 amide bonds. The SMILES string of the molecule is CC(C)(C)OC(=O)COC(=O)/C=C/c1ccc(OC(=O)c2ccc([NH+]=C(N)N)cc2)cc1.CS(=O)(=O)[O-]. The van der Waals surface area contributed by atoms with Crippen molar-refractivity contribution in [2.75, 3.05) is 12.9 Å². The van der Waals surface area contributed by atoms with Gasteiger partial charge < -0.3 is 18.8 Å². The van der Waals surface area contributed by atoms with Gasteiger partial charge in [0.2, 0.25) is 0 Å². The summed E-state index contributed by atoms with van der Waals surface area (Å²) >= 11 is 0. The van der Waals surface area contributed by atoms with Crippen LogP contribution in [0.4, 0.5) is 5.69 Å². The topological polar surface area (TPSA) is 202 Å². The van der Waals surface area contributed by atoms with Gasteiger partial charge in [0.05, 0.1) is 21.4 Å². The normalized spacial score (nSPS) is 11.1. The fraction of sp³-hybridized carbons (Fsp3) is 0.250. The summed E-state index contributed by atoms with van der Waals surface area (Å²) in [5.74, 6) is -1.46. The second-order valence-electron chi connectivity index (χ2n) is 8.35. The molecule has 2 aromatic rings. The molecule has 0 aliphatic rings. The molecule has 0 radical (unpaired) electrons. The molecule has 13 heteroatoms. The first-order chi connectivity index (χ1) is 17.0. The number of hydrogen-bond donors (Lipinski definition) is 3. The van der Waals surface area contributed by atoms with Crippen molar-refractivity contribution in [3.05, 3.63) is 65.7 Å². The Labute approximate surface area is 214 Å². The van der Waals surface area contributed by atoms with E-state index in [1.165, 1.54) is 12.2 Å². The lowest BCUT2D eigenvalue weighted by molar-refractivity contribution is -0.356. The second-order valence-corrected chi connectivity index (χ2v) is 9.76. The standard InChI is InChI=1S/C23H25N3O6.CH4O3S/c1-23(2,3)32-20(28)14-30-19(27)13-6-15-4-11-18(12-5-15)31-21(29)16-7-9-17(10-8-16)26-22(24)25;1-5(2,3)4/h4-13H,14H2,1-3H3,(H4,24,25,26);1H3,(H,2,3,4)/b13-6+;. The molecule has 12 nitrogen and oxygen atoms in total. The van der Waals surface area contributed by atoms with Gasteiger partial charge in [-0.05, 0) is 68.8 Å². The van der Waals surface area contributed by atoms with Crippen LogP contribution in [0.25, 0.3) is 6.08 Å². The summed E-state index contributed by atoms with van der Waals surface area (Å²) in [5, 5.41) is 0. The van der Waals surface area contributed by atoms with E-state index in [1.807, 2.05) is 0 Å². The lowest BCUT2D eigenvalue weighted by atomic mass is 10.2.